The first-order valence-corrected chi connectivity index (χ1v) is 6.45. The summed E-state index contributed by atoms with van der Waals surface area (Å²) in [5.41, 5.74) is 1.80. The van der Waals surface area contributed by atoms with Crippen LogP contribution in [0.4, 0.5) is 0 Å². The minimum atomic E-state index is 0.416. The molecule has 0 amide bonds. The maximum atomic E-state index is 9.15. The van der Waals surface area contributed by atoms with E-state index in [0.29, 0.717) is 11.6 Å². The summed E-state index contributed by atoms with van der Waals surface area (Å²) in [5.74, 6) is 1.52. The van der Waals surface area contributed by atoms with E-state index in [4.69, 9.17) is 5.26 Å². The number of aromatic nitrogens is 2. The molecule has 4 heteroatoms. The van der Waals surface area contributed by atoms with Crippen LogP contribution in [0.5, 0.6) is 0 Å². The number of hydrogen-bond donors (Lipinski definition) is 1. The fraction of sp³-hybridized carbons (Fsp3) is 0.692. The Kier molecular flexibility index (Phi) is 3.80. The second-order valence-electron chi connectivity index (χ2n) is 4.65. The minimum absolute atomic E-state index is 0.416. The summed E-state index contributed by atoms with van der Waals surface area (Å²) in [6.07, 6.45) is 4.45. The van der Waals surface area contributed by atoms with Crippen molar-refractivity contribution in [1.82, 2.24) is 14.9 Å². The molecule has 0 spiro atoms. The summed E-state index contributed by atoms with van der Waals surface area (Å²) in [6.45, 7) is 4.13. The van der Waals surface area contributed by atoms with Gasteiger partial charge in [0.2, 0.25) is 0 Å². The molecule has 0 saturated heterocycles. The van der Waals surface area contributed by atoms with Crippen LogP contribution in [0, 0.1) is 11.3 Å². The van der Waals surface area contributed by atoms with Crippen molar-refractivity contribution < 1.29 is 0 Å². The van der Waals surface area contributed by atoms with E-state index in [-0.39, 0.29) is 0 Å². The third kappa shape index (κ3) is 2.20. The number of hydrogen-bond acceptors (Lipinski definition) is 3. The van der Waals surface area contributed by atoms with E-state index in [1.54, 1.807) is 0 Å². The third-order valence-electron chi connectivity index (χ3n) is 3.56. The maximum Gasteiger partial charge on any atom is 0.161 e. The first-order chi connectivity index (χ1) is 8.31. The van der Waals surface area contributed by atoms with Crippen LogP contribution in [0.1, 0.15) is 49.3 Å². The molecule has 1 aliphatic rings. The molecule has 2 rings (SSSR count). The van der Waals surface area contributed by atoms with Crippen LogP contribution in [-0.4, -0.2) is 23.1 Å². The van der Waals surface area contributed by atoms with E-state index < -0.39 is 0 Å². The van der Waals surface area contributed by atoms with Crippen molar-refractivity contribution in [3.63, 3.8) is 0 Å². The second-order valence-corrected chi connectivity index (χ2v) is 4.65. The normalized spacial score (nSPS) is 16.3. The van der Waals surface area contributed by atoms with Gasteiger partial charge in [0.05, 0.1) is 5.69 Å². The Bertz CT molecular complexity index is 427. The van der Waals surface area contributed by atoms with Crippen LogP contribution in [0.3, 0.4) is 0 Å². The van der Waals surface area contributed by atoms with Crippen LogP contribution in [0.2, 0.25) is 0 Å². The van der Waals surface area contributed by atoms with Crippen molar-refractivity contribution in [2.24, 2.45) is 0 Å². The van der Waals surface area contributed by atoms with Crippen LogP contribution in [-0.2, 0) is 13.0 Å². The summed E-state index contributed by atoms with van der Waals surface area (Å²) in [6, 6.07) is 2.24. The van der Waals surface area contributed by atoms with Crippen LogP contribution >= 0.6 is 0 Å². The van der Waals surface area contributed by atoms with Gasteiger partial charge in [-0.05, 0) is 32.7 Å². The number of fused-ring (bicyclic) bond motifs is 1. The van der Waals surface area contributed by atoms with Gasteiger partial charge in [0, 0.05) is 19.0 Å². The van der Waals surface area contributed by atoms with Gasteiger partial charge in [0.25, 0.3) is 0 Å². The van der Waals surface area contributed by atoms with Gasteiger partial charge in [-0.15, -0.1) is 0 Å². The molecule has 0 radical (unpaired) electrons. The molecule has 92 valence electrons. The molecule has 1 N–H and O–H groups in total. The van der Waals surface area contributed by atoms with E-state index in [1.807, 2.05) is 7.05 Å². The molecule has 4 nitrogen and oxygen atoms in total. The fourth-order valence-electron chi connectivity index (χ4n) is 2.64. The Balaban J connectivity index is 2.40. The summed E-state index contributed by atoms with van der Waals surface area (Å²) >= 11 is 0. The van der Waals surface area contributed by atoms with Gasteiger partial charge < -0.3 is 9.88 Å². The Morgan fingerprint density at radius 2 is 2.35 bits per heavy atom. The predicted octanol–water partition coefficient (Wildman–Crippen LogP) is 1.80. The van der Waals surface area contributed by atoms with E-state index >= 15 is 0 Å². The van der Waals surface area contributed by atoms with Crippen molar-refractivity contribution in [2.45, 2.75) is 45.1 Å². The van der Waals surface area contributed by atoms with Crippen molar-refractivity contribution in [3.8, 4) is 6.07 Å². The molecule has 2 heterocycles. The lowest BCUT2D eigenvalue weighted by atomic mass is 10.0. The standard InChI is InChI=1S/C13H20N4/c1-3-10(9-15-2)13-16-11(8-14)12-6-4-5-7-17(12)13/h10,15H,3-7,9H2,1-2H3. The van der Waals surface area contributed by atoms with Crippen molar-refractivity contribution in [2.75, 3.05) is 13.6 Å². The number of nitrogens with zero attached hydrogens (tertiary/aromatic N) is 3. The number of likely N-dealkylation sites (N-methyl/N-ethyl adjacent to an activating group) is 1. The van der Waals surface area contributed by atoms with E-state index in [1.165, 1.54) is 12.8 Å². The van der Waals surface area contributed by atoms with Gasteiger partial charge in [-0.25, -0.2) is 4.98 Å². The maximum absolute atomic E-state index is 9.15. The molecule has 17 heavy (non-hydrogen) atoms. The summed E-state index contributed by atoms with van der Waals surface area (Å²) in [5, 5.41) is 12.4. The Labute approximate surface area is 103 Å². The van der Waals surface area contributed by atoms with Gasteiger partial charge >= 0.3 is 0 Å². The number of nitrogens with one attached hydrogen (secondary N) is 1. The highest BCUT2D eigenvalue weighted by Crippen LogP contribution is 2.26. The predicted molar refractivity (Wildman–Crippen MR) is 66.8 cm³/mol. The fourth-order valence-corrected chi connectivity index (χ4v) is 2.64. The van der Waals surface area contributed by atoms with Crippen molar-refractivity contribution >= 4 is 0 Å². The lowest BCUT2D eigenvalue weighted by molar-refractivity contribution is 0.478. The molecule has 1 aromatic rings. The van der Waals surface area contributed by atoms with Crippen LogP contribution < -0.4 is 5.32 Å². The minimum Gasteiger partial charge on any atom is -0.330 e. The quantitative estimate of drug-likeness (QED) is 0.861. The topological polar surface area (TPSA) is 53.6 Å². The summed E-state index contributed by atoms with van der Waals surface area (Å²) in [4.78, 5) is 4.56. The molecule has 0 saturated carbocycles. The molecule has 1 aliphatic heterocycles. The summed E-state index contributed by atoms with van der Waals surface area (Å²) in [7, 11) is 1.97. The van der Waals surface area contributed by atoms with E-state index in [9.17, 15) is 0 Å². The van der Waals surface area contributed by atoms with Gasteiger partial charge in [0.15, 0.2) is 5.69 Å². The highest BCUT2D eigenvalue weighted by molar-refractivity contribution is 5.31. The largest absolute Gasteiger partial charge is 0.330 e. The molecular formula is C13H20N4. The van der Waals surface area contributed by atoms with E-state index in [0.717, 1.165) is 37.4 Å². The number of imidazole rings is 1. The zero-order chi connectivity index (χ0) is 12.3. The molecular weight excluding hydrogens is 212 g/mol. The molecule has 0 fully saturated rings. The van der Waals surface area contributed by atoms with Gasteiger partial charge in [0.1, 0.15) is 11.9 Å². The average Bonchev–Trinajstić information content (AvgIpc) is 2.75. The molecule has 0 aromatic carbocycles. The first-order valence-electron chi connectivity index (χ1n) is 6.45. The zero-order valence-corrected chi connectivity index (χ0v) is 10.7. The molecule has 0 bridgehead atoms. The average molecular weight is 232 g/mol. The molecule has 1 unspecified atom stereocenters. The van der Waals surface area contributed by atoms with Crippen molar-refractivity contribution in [1.29, 1.82) is 5.26 Å². The van der Waals surface area contributed by atoms with Crippen LogP contribution in [0.25, 0.3) is 0 Å². The van der Waals surface area contributed by atoms with Gasteiger partial charge in [-0.3, -0.25) is 0 Å². The second kappa shape index (κ2) is 5.33. The molecule has 0 aliphatic carbocycles. The molecule has 1 aromatic heterocycles. The smallest absolute Gasteiger partial charge is 0.161 e. The van der Waals surface area contributed by atoms with Crippen molar-refractivity contribution in [3.05, 3.63) is 17.2 Å². The third-order valence-corrected chi connectivity index (χ3v) is 3.56. The van der Waals surface area contributed by atoms with Gasteiger partial charge in [-0.1, -0.05) is 6.92 Å². The molecule has 1 atom stereocenters. The van der Waals surface area contributed by atoms with Gasteiger partial charge in [-0.2, -0.15) is 5.26 Å². The highest BCUT2D eigenvalue weighted by atomic mass is 15.1. The lowest BCUT2D eigenvalue weighted by Gasteiger charge is -2.20. The Morgan fingerprint density at radius 1 is 1.53 bits per heavy atom. The number of rotatable bonds is 4. The monoisotopic (exact) mass is 232 g/mol. The Morgan fingerprint density at radius 3 is 3.00 bits per heavy atom. The van der Waals surface area contributed by atoms with Crippen LogP contribution in [0.15, 0.2) is 0 Å². The number of nitriles is 1. The SMILES string of the molecule is CCC(CNC)c1nc(C#N)c2n1CCCC2. The zero-order valence-electron chi connectivity index (χ0n) is 10.7. The van der Waals surface area contributed by atoms with E-state index in [2.05, 4.69) is 27.9 Å². The Hall–Kier alpha value is -1.34. The highest BCUT2D eigenvalue weighted by Gasteiger charge is 2.23. The first kappa shape index (κ1) is 12.1. The lowest BCUT2D eigenvalue weighted by Crippen LogP contribution is -2.22. The summed E-state index contributed by atoms with van der Waals surface area (Å²) < 4.78 is 2.29.